The second-order valence-corrected chi connectivity index (χ2v) is 7.92. The predicted molar refractivity (Wildman–Crippen MR) is 121 cm³/mol. The average molecular weight is 424 g/mol. The predicted octanol–water partition coefficient (Wildman–Crippen LogP) is 4.32. The van der Waals surface area contributed by atoms with Crippen molar-refractivity contribution in [3.63, 3.8) is 0 Å². The van der Waals surface area contributed by atoms with Crippen LogP contribution in [0.1, 0.15) is 30.9 Å². The van der Waals surface area contributed by atoms with E-state index in [0.29, 0.717) is 23.4 Å². The number of carbonyl (C=O) groups excluding carboxylic acids is 1. The summed E-state index contributed by atoms with van der Waals surface area (Å²) in [5.74, 6) is -0.421. The number of aromatic nitrogens is 2. The van der Waals surface area contributed by atoms with Gasteiger partial charge >= 0.3 is 0 Å². The van der Waals surface area contributed by atoms with E-state index < -0.39 is 0 Å². The summed E-state index contributed by atoms with van der Waals surface area (Å²) < 4.78 is 1.47. The molecule has 0 bridgehead atoms. The minimum Gasteiger partial charge on any atom is -0.493 e. The third kappa shape index (κ3) is 5.30. The number of aryl methyl sites for hydroxylation is 1. The first kappa shape index (κ1) is 21.6. The Morgan fingerprint density at radius 3 is 2.50 bits per heavy atom. The summed E-state index contributed by atoms with van der Waals surface area (Å²) in [5, 5.41) is 13.5. The molecule has 156 valence electrons. The van der Waals surface area contributed by atoms with E-state index in [0.717, 1.165) is 30.2 Å². The summed E-state index contributed by atoms with van der Waals surface area (Å²) in [5.41, 5.74) is 2.46. The molecule has 0 aliphatic heterocycles. The molecule has 2 N–H and O–H groups in total. The van der Waals surface area contributed by atoms with Gasteiger partial charge < -0.3 is 10.4 Å². The molecule has 1 aromatic heterocycles. The van der Waals surface area contributed by atoms with Gasteiger partial charge in [0.05, 0.1) is 17.0 Å². The van der Waals surface area contributed by atoms with Crippen LogP contribution in [-0.4, -0.2) is 26.3 Å². The van der Waals surface area contributed by atoms with Gasteiger partial charge in [0.25, 0.3) is 5.56 Å². The Morgan fingerprint density at radius 2 is 1.83 bits per heavy atom. The second kappa shape index (κ2) is 10.1. The number of unbranched alkanes of at least 4 members (excludes halogenated alkanes) is 1. The van der Waals surface area contributed by atoms with Crippen molar-refractivity contribution in [2.75, 3.05) is 11.1 Å². The molecule has 0 atom stereocenters. The van der Waals surface area contributed by atoms with Crippen molar-refractivity contribution < 1.29 is 9.90 Å². The Balaban J connectivity index is 1.86. The number of para-hydroxylation sites is 1. The molecule has 0 spiro atoms. The summed E-state index contributed by atoms with van der Waals surface area (Å²) in [6, 6.07) is 16.7. The number of amides is 1. The third-order valence-corrected chi connectivity index (χ3v) is 5.52. The number of thioether (sulfide) groups is 1. The fourth-order valence-corrected chi connectivity index (χ4v) is 3.76. The summed E-state index contributed by atoms with van der Waals surface area (Å²) in [4.78, 5) is 29.8. The van der Waals surface area contributed by atoms with Crippen molar-refractivity contribution in [1.29, 1.82) is 0 Å². The number of carbonyl (C=O) groups is 1. The molecule has 3 rings (SSSR count). The number of nitrogens with one attached hydrogen (secondary N) is 1. The zero-order valence-corrected chi connectivity index (χ0v) is 17.9. The number of hydrogen-bond acceptors (Lipinski definition) is 5. The van der Waals surface area contributed by atoms with E-state index in [2.05, 4.69) is 10.3 Å². The van der Waals surface area contributed by atoms with Crippen LogP contribution in [0.2, 0.25) is 0 Å². The third-order valence-electron chi connectivity index (χ3n) is 4.59. The number of benzene rings is 2. The minimum absolute atomic E-state index is 0.0564. The molecule has 0 saturated carbocycles. The van der Waals surface area contributed by atoms with Gasteiger partial charge in [-0.05, 0) is 44.0 Å². The SMILES string of the molecule is CCCCc1c(O)nc(SCC(=O)Nc2ccc(C)cc2)n(-c2ccccc2)c1=O. The normalized spacial score (nSPS) is 10.7. The molecule has 0 aliphatic carbocycles. The van der Waals surface area contributed by atoms with Crippen molar-refractivity contribution in [2.24, 2.45) is 0 Å². The standard InChI is InChI=1S/C23H25N3O3S/c1-3-4-10-19-21(28)25-23(26(22(19)29)18-8-6-5-7-9-18)30-15-20(27)24-17-13-11-16(2)12-14-17/h5-9,11-14,28H,3-4,10,15H2,1-2H3,(H,24,27). The highest BCUT2D eigenvalue weighted by Gasteiger charge is 2.18. The van der Waals surface area contributed by atoms with Gasteiger partial charge in [-0.25, -0.2) is 0 Å². The Kier molecular flexibility index (Phi) is 7.30. The van der Waals surface area contributed by atoms with Gasteiger partial charge in [0.2, 0.25) is 11.8 Å². The zero-order chi connectivity index (χ0) is 21.5. The topological polar surface area (TPSA) is 84.2 Å². The van der Waals surface area contributed by atoms with Crippen molar-refractivity contribution in [3.05, 3.63) is 76.1 Å². The van der Waals surface area contributed by atoms with Gasteiger partial charge in [-0.3, -0.25) is 14.2 Å². The highest BCUT2D eigenvalue weighted by atomic mass is 32.2. The Labute approximate surface area is 180 Å². The fraction of sp³-hybridized carbons (Fsp3) is 0.261. The van der Waals surface area contributed by atoms with E-state index in [9.17, 15) is 14.7 Å². The lowest BCUT2D eigenvalue weighted by Gasteiger charge is -2.14. The maximum atomic E-state index is 13.1. The highest BCUT2D eigenvalue weighted by molar-refractivity contribution is 7.99. The fourth-order valence-electron chi connectivity index (χ4n) is 2.96. The maximum Gasteiger partial charge on any atom is 0.265 e. The molecule has 0 aliphatic rings. The van der Waals surface area contributed by atoms with E-state index in [-0.39, 0.29) is 28.3 Å². The molecule has 7 heteroatoms. The summed E-state index contributed by atoms with van der Waals surface area (Å²) in [6.45, 7) is 4.00. The molecule has 3 aromatic rings. The van der Waals surface area contributed by atoms with Crippen molar-refractivity contribution >= 4 is 23.4 Å². The van der Waals surface area contributed by atoms with Crippen molar-refractivity contribution in [1.82, 2.24) is 9.55 Å². The first-order valence-electron chi connectivity index (χ1n) is 9.89. The second-order valence-electron chi connectivity index (χ2n) is 6.98. The largest absolute Gasteiger partial charge is 0.493 e. The quantitative estimate of drug-likeness (QED) is 0.416. The van der Waals surface area contributed by atoms with Gasteiger partial charge in [-0.15, -0.1) is 0 Å². The van der Waals surface area contributed by atoms with E-state index in [1.54, 1.807) is 12.1 Å². The van der Waals surface area contributed by atoms with Crippen LogP contribution in [0.5, 0.6) is 5.88 Å². The van der Waals surface area contributed by atoms with Gasteiger partial charge in [0.1, 0.15) is 0 Å². The maximum absolute atomic E-state index is 13.1. The number of aromatic hydroxyl groups is 1. The van der Waals surface area contributed by atoms with Crippen molar-refractivity contribution in [2.45, 2.75) is 38.3 Å². The Bertz CT molecular complexity index is 1060. The molecule has 0 radical (unpaired) electrons. The Morgan fingerprint density at radius 1 is 1.13 bits per heavy atom. The van der Waals surface area contributed by atoms with Gasteiger partial charge in [-0.1, -0.05) is 61.0 Å². The average Bonchev–Trinajstić information content (AvgIpc) is 2.74. The first-order chi connectivity index (χ1) is 14.5. The minimum atomic E-state index is -0.302. The van der Waals surface area contributed by atoms with Gasteiger partial charge in [0, 0.05) is 5.69 Å². The number of anilines is 1. The van der Waals surface area contributed by atoms with Crippen LogP contribution in [0.25, 0.3) is 5.69 Å². The monoisotopic (exact) mass is 423 g/mol. The molecule has 0 unspecified atom stereocenters. The molecule has 0 saturated heterocycles. The van der Waals surface area contributed by atoms with E-state index in [1.165, 1.54) is 4.57 Å². The highest BCUT2D eigenvalue weighted by Crippen LogP contribution is 2.23. The number of nitrogens with zero attached hydrogens (tertiary/aromatic N) is 2. The molecule has 1 heterocycles. The Hall–Kier alpha value is -3.06. The summed E-state index contributed by atoms with van der Waals surface area (Å²) >= 11 is 1.11. The summed E-state index contributed by atoms with van der Waals surface area (Å²) in [6.07, 6.45) is 2.14. The molecule has 2 aromatic carbocycles. The molecule has 1 amide bonds. The smallest absolute Gasteiger partial charge is 0.265 e. The van der Waals surface area contributed by atoms with Crippen LogP contribution in [0.15, 0.2) is 64.5 Å². The number of hydrogen-bond donors (Lipinski definition) is 2. The van der Waals surface area contributed by atoms with Crippen LogP contribution in [-0.2, 0) is 11.2 Å². The molecular weight excluding hydrogens is 398 g/mol. The number of rotatable bonds is 8. The van der Waals surface area contributed by atoms with E-state index in [4.69, 9.17) is 0 Å². The van der Waals surface area contributed by atoms with Crippen LogP contribution in [0, 0.1) is 6.92 Å². The van der Waals surface area contributed by atoms with Gasteiger partial charge in [-0.2, -0.15) is 4.98 Å². The van der Waals surface area contributed by atoms with E-state index >= 15 is 0 Å². The van der Waals surface area contributed by atoms with Crippen LogP contribution in [0.4, 0.5) is 5.69 Å². The lowest BCUT2D eigenvalue weighted by atomic mass is 10.1. The van der Waals surface area contributed by atoms with Crippen LogP contribution >= 0.6 is 11.8 Å². The van der Waals surface area contributed by atoms with Crippen LogP contribution < -0.4 is 10.9 Å². The molecular formula is C23H25N3O3S. The van der Waals surface area contributed by atoms with Crippen molar-refractivity contribution in [3.8, 4) is 11.6 Å². The lowest BCUT2D eigenvalue weighted by molar-refractivity contribution is -0.113. The van der Waals surface area contributed by atoms with E-state index in [1.807, 2.05) is 56.3 Å². The molecule has 6 nitrogen and oxygen atoms in total. The lowest BCUT2D eigenvalue weighted by Crippen LogP contribution is -2.26. The summed E-state index contributed by atoms with van der Waals surface area (Å²) in [7, 11) is 0. The zero-order valence-electron chi connectivity index (χ0n) is 17.1. The first-order valence-corrected chi connectivity index (χ1v) is 10.9. The molecule has 30 heavy (non-hydrogen) atoms. The van der Waals surface area contributed by atoms with Crippen LogP contribution in [0.3, 0.4) is 0 Å². The molecule has 0 fully saturated rings. The van der Waals surface area contributed by atoms with Gasteiger partial charge in [0.15, 0.2) is 5.16 Å².